The first-order valence-corrected chi connectivity index (χ1v) is 8.85. The van der Waals surface area contributed by atoms with Gasteiger partial charge in [0.05, 0.1) is 5.02 Å². The normalized spacial score (nSPS) is 19.3. The minimum absolute atomic E-state index is 0. The smallest absolute Gasteiger partial charge is 0.251 e. The first-order valence-electron chi connectivity index (χ1n) is 8.47. The second-order valence-electron chi connectivity index (χ2n) is 6.46. The minimum atomic E-state index is -0.519. The van der Waals surface area contributed by atoms with E-state index in [9.17, 15) is 9.18 Å². The Bertz CT molecular complexity index is 764. The summed E-state index contributed by atoms with van der Waals surface area (Å²) in [5.41, 5.74) is 1.37. The van der Waals surface area contributed by atoms with Gasteiger partial charge in [0.1, 0.15) is 11.6 Å². The third-order valence-electron chi connectivity index (χ3n) is 4.48. The molecule has 0 atom stereocenters. The van der Waals surface area contributed by atoms with Crippen molar-refractivity contribution in [1.82, 2.24) is 10.3 Å². The molecule has 1 fully saturated rings. The summed E-state index contributed by atoms with van der Waals surface area (Å²) < 4.78 is 13.2. The van der Waals surface area contributed by atoms with Crippen LogP contribution in [0.15, 0.2) is 36.4 Å². The van der Waals surface area contributed by atoms with Gasteiger partial charge < -0.3 is 10.6 Å². The Balaban J connectivity index is 0.00000243. The first-order chi connectivity index (χ1) is 12.0. The monoisotopic (exact) mass is 397 g/mol. The number of aryl methyl sites for hydroxylation is 1. The number of amides is 1. The van der Waals surface area contributed by atoms with E-state index in [1.807, 2.05) is 25.1 Å². The summed E-state index contributed by atoms with van der Waals surface area (Å²) >= 11 is 5.74. The fraction of sp³-hybridized carbons (Fsp3) is 0.368. The van der Waals surface area contributed by atoms with Gasteiger partial charge in [0.15, 0.2) is 0 Å². The number of anilines is 1. The number of carbonyl (C=O) groups is 1. The van der Waals surface area contributed by atoms with Crippen LogP contribution in [0.5, 0.6) is 0 Å². The van der Waals surface area contributed by atoms with Crippen LogP contribution in [0.4, 0.5) is 10.2 Å². The third kappa shape index (κ3) is 5.32. The lowest BCUT2D eigenvalue weighted by atomic mass is 9.91. The number of rotatable bonds is 4. The Morgan fingerprint density at radius 1 is 1.15 bits per heavy atom. The van der Waals surface area contributed by atoms with Crippen molar-refractivity contribution < 1.29 is 9.18 Å². The third-order valence-corrected chi connectivity index (χ3v) is 4.77. The molecule has 1 aliphatic carbocycles. The van der Waals surface area contributed by atoms with Gasteiger partial charge in [-0.3, -0.25) is 4.79 Å². The molecule has 0 bridgehead atoms. The molecule has 3 rings (SSSR count). The molecule has 2 N–H and O–H groups in total. The number of nitrogens with one attached hydrogen (secondary N) is 2. The van der Waals surface area contributed by atoms with E-state index in [1.54, 1.807) is 0 Å². The Morgan fingerprint density at radius 3 is 2.50 bits per heavy atom. The number of aromatic nitrogens is 1. The van der Waals surface area contributed by atoms with E-state index in [0.717, 1.165) is 37.2 Å². The summed E-state index contributed by atoms with van der Waals surface area (Å²) in [6.45, 7) is 1.97. The Morgan fingerprint density at radius 2 is 1.85 bits per heavy atom. The van der Waals surface area contributed by atoms with Gasteiger partial charge in [-0.25, -0.2) is 9.37 Å². The SMILES string of the molecule is Cc1cccc(N[C@H]2CC[C@@H](NC(=O)c3ccc(F)c(Cl)c3)CC2)n1.Cl. The summed E-state index contributed by atoms with van der Waals surface area (Å²) in [5, 5.41) is 6.43. The van der Waals surface area contributed by atoms with Gasteiger partial charge in [-0.2, -0.15) is 0 Å². The average Bonchev–Trinajstić information content (AvgIpc) is 2.59. The molecule has 26 heavy (non-hydrogen) atoms. The molecule has 1 aromatic heterocycles. The highest BCUT2D eigenvalue weighted by molar-refractivity contribution is 6.31. The van der Waals surface area contributed by atoms with Gasteiger partial charge in [0.2, 0.25) is 0 Å². The van der Waals surface area contributed by atoms with Gasteiger partial charge in [0, 0.05) is 23.3 Å². The molecule has 0 saturated heterocycles. The number of hydrogen-bond acceptors (Lipinski definition) is 3. The molecule has 0 spiro atoms. The van der Waals surface area contributed by atoms with Crippen molar-refractivity contribution in [3.8, 4) is 0 Å². The molecule has 1 saturated carbocycles. The molecule has 2 aromatic rings. The molecule has 140 valence electrons. The van der Waals surface area contributed by atoms with Crippen LogP contribution < -0.4 is 10.6 Å². The van der Waals surface area contributed by atoms with Crippen LogP contribution in [0.3, 0.4) is 0 Å². The van der Waals surface area contributed by atoms with Gasteiger partial charge >= 0.3 is 0 Å². The zero-order chi connectivity index (χ0) is 17.8. The second-order valence-corrected chi connectivity index (χ2v) is 6.87. The van der Waals surface area contributed by atoms with Crippen molar-refractivity contribution >= 4 is 35.7 Å². The largest absolute Gasteiger partial charge is 0.367 e. The van der Waals surface area contributed by atoms with Crippen LogP contribution in [-0.2, 0) is 0 Å². The highest BCUT2D eigenvalue weighted by Gasteiger charge is 2.23. The molecular formula is C19H22Cl2FN3O. The number of halogens is 3. The van der Waals surface area contributed by atoms with Crippen molar-refractivity contribution in [1.29, 1.82) is 0 Å². The molecule has 1 aliphatic rings. The molecule has 1 heterocycles. The molecule has 1 amide bonds. The van der Waals surface area contributed by atoms with Gasteiger partial charge in [0.25, 0.3) is 5.91 Å². The first kappa shape index (κ1) is 20.5. The van der Waals surface area contributed by atoms with E-state index in [1.165, 1.54) is 18.2 Å². The fourth-order valence-electron chi connectivity index (χ4n) is 3.12. The second kappa shape index (κ2) is 9.19. The maximum atomic E-state index is 13.2. The number of hydrogen-bond donors (Lipinski definition) is 2. The zero-order valence-electron chi connectivity index (χ0n) is 14.5. The van der Waals surface area contributed by atoms with E-state index >= 15 is 0 Å². The summed E-state index contributed by atoms with van der Waals surface area (Å²) in [6, 6.07) is 10.5. The lowest BCUT2D eigenvalue weighted by Gasteiger charge is -2.30. The molecule has 0 radical (unpaired) electrons. The highest BCUT2D eigenvalue weighted by atomic mass is 35.5. The predicted molar refractivity (Wildman–Crippen MR) is 105 cm³/mol. The maximum absolute atomic E-state index is 13.2. The summed E-state index contributed by atoms with van der Waals surface area (Å²) in [7, 11) is 0. The predicted octanol–water partition coefficient (Wildman–Crippen LogP) is 4.76. The summed E-state index contributed by atoms with van der Waals surface area (Å²) in [5.74, 6) is 0.168. The number of carbonyl (C=O) groups excluding carboxylic acids is 1. The van der Waals surface area contributed by atoms with E-state index in [2.05, 4.69) is 15.6 Å². The van der Waals surface area contributed by atoms with Crippen LogP contribution >= 0.6 is 24.0 Å². The number of benzene rings is 1. The lowest BCUT2D eigenvalue weighted by molar-refractivity contribution is 0.0926. The quantitative estimate of drug-likeness (QED) is 0.781. The van der Waals surface area contributed by atoms with Gasteiger partial charge in [-0.05, 0) is 62.9 Å². The number of pyridine rings is 1. The Hall–Kier alpha value is -1.85. The van der Waals surface area contributed by atoms with Crippen molar-refractivity contribution in [2.24, 2.45) is 0 Å². The van der Waals surface area contributed by atoms with Crippen LogP contribution in [0.25, 0.3) is 0 Å². The summed E-state index contributed by atoms with van der Waals surface area (Å²) in [4.78, 5) is 16.7. The molecule has 0 unspecified atom stereocenters. The van der Waals surface area contributed by atoms with E-state index in [-0.39, 0.29) is 29.4 Å². The van der Waals surface area contributed by atoms with Crippen molar-refractivity contribution in [3.05, 3.63) is 58.5 Å². The molecule has 7 heteroatoms. The topological polar surface area (TPSA) is 54.0 Å². The zero-order valence-corrected chi connectivity index (χ0v) is 16.0. The molecule has 0 aliphatic heterocycles. The van der Waals surface area contributed by atoms with Crippen molar-refractivity contribution in [3.63, 3.8) is 0 Å². The van der Waals surface area contributed by atoms with Crippen LogP contribution in [0.2, 0.25) is 5.02 Å². The highest BCUT2D eigenvalue weighted by Crippen LogP contribution is 2.22. The van der Waals surface area contributed by atoms with E-state index in [4.69, 9.17) is 11.6 Å². The standard InChI is InChI=1S/C19H21ClFN3O.ClH/c1-12-3-2-4-18(22-12)23-14-6-8-15(9-7-14)24-19(25)13-5-10-17(21)16(20)11-13;/h2-5,10-11,14-15H,6-9H2,1H3,(H,22,23)(H,24,25);1H/t14-,15+;. The minimum Gasteiger partial charge on any atom is -0.367 e. The molecular weight excluding hydrogens is 376 g/mol. The summed E-state index contributed by atoms with van der Waals surface area (Å²) in [6.07, 6.45) is 3.71. The number of nitrogens with zero attached hydrogens (tertiary/aromatic N) is 1. The fourth-order valence-corrected chi connectivity index (χ4v) is 3.30. The van der Waals surface area contributed by atoms with E-state index < -0.39 is 5.82 Å². The van der Waals surface area contributed by atoms with Crippen LogP contribution in [-0.4, -0.2) is 23.0 Å². The lowest BCUT2D eigenvalue weighted by Crippen LogP contribution is -2.40. The molecule has 1 aromatic carbocycles. The van der Waals surface area contributed by atoms with Crippen LogP contribution in [0, 0.1) is 12.7 Å². The Labute approximate surface area is 164 Å². The van der Waals surface area contributed by atoms with Gasteiger partial charge in [-0.15, -0.1) is 12.4 Å². The van der Waals surface area contributed by atoms with Gasteiger partial charge in [-0.1, -0.05) is 17.7 Å². The van der Waals surface area contributed by atoms with Crippen LogP contribution in [0.1, 0.15) is 41.7 Å². The van der Waals surface area contributed by atoms with Crippen molar-refractivity contribution in [2.45, 2.75) is 44.7 Å². The van der Waals surface area contributed by atoms with E-state index in [0.29, 0.717) is 11.6 Å². The maximum Gasteiger partial charge on any atom is 0.251 e. The van der Waals surface area contributed by atoms with Crippen molar-refractivity contribution in [2.75, 3.05) is 5.32 Å². The molecule has 4 nitrogen and oxygen atoms in total. The average molecular weight is 398 g/mol. The Kier molecular flexibility index (Phi) is 7.23.